The molecule has 5 heteroatoms. The van der Waals surface area contributed by atoms with Gasteiger partial charge in [0, 0.05) is 11.6 Å². The van der Waals surface area contributed by atoms with E-state index >= 15 is 0 Å². The molecule has 0 saturated heterocycles. The van der Waals surface area contributed by atoms with E-state index in [1.807, 2.05) is 6.92 Å². The lowest BCUT2D eigenvalue weighted by Crippen LogP contribution is -2.04. The summed E-state index contributed by atoms with van der Waals surface area (Å²) < 4.78 is 0. The van der Waals surface area contributed by atoms with Crippen molar-refractivity contribution in [2.45, 2.75) is 6.92 Å². The molecule has 2 aromatic heterocycles. The smallest absolute Gasteiger partial charge is 0.230 e. The summed E-state index contributed by atoms with van der Waals surface area (Å²) in [6.45, 7) is 1.86. The topological polar surface area (TPSA) is 55.7 Å². The van der Waals surface area contributed by atoms with Crippen molar-refractivity contribution in [2.24, 2.45) is 0 Å². The summed E-state index contributed by atoms with van der Waals surface area (Å²) in [4.78, 5) is 23.4. The van der Waals surface area contributed by atoms with Crippen molar-refractivity contribution in [1.82, 2.24) is 15.0 Å². The Hall–Kier alpha value is -1.62. The van der Waals surface area contributed by atoms with Crippen LogP contribution in [0.1, 0.15) is 21.2 Å². The summed E-state index contributed by atoms with van der Waals surface area (Å²) in [7, 11) is 0. The van der Waals surface area contributed by atoms with E-state index < -0.39 is 0 Å². The van der Waals surface area contributed by atoms with Gasteiger partial charge < -0.3 is 0 Å². The van der Waals surface area contributed by atoms with E-state index in [1.54, 1.807) is 17.6 Å². The van der Waals surface area contributed by atoms with Crippen LogP contribution >= 0.6 is 11.3 Å². The zero-order valence-corrected chi connectivity index (χ0v) is 8.28. The fourth-order valence-corrected chi connectivity index (χ4v) is 1.62. The van der Waals surface area contributed by atoms with Crippen molar-refractivity contribution < 1.29 is 4.79 Å². The molecule has 0 unspecified atom stereocenters. The fourth-order valence-electron chi connectivity index (χ4n) is 1.02. The minimum atomic E-state index is -0.156. The molecule has 14 heavy (non-hydrogen) atoms. The number of carbonyl (C=O) groups excluding carboxylic acids is 1. The van der Waals surface area contributed by atoms with E-state index in [0.29, 0.717) is 11.4 Å². The van der Waals surface area contributed by atoms with Crippen LogP contribution in [0.25, 0.3) is 0 Å². The molecule has 2 heterocycles. The summed E-state index contributed by atoms with van der Waals surface area (Å²) in [5, 5.41) is 2.61. The van der Waals surface area contributed by atoms with E-state index in [9.17, 15) is 4.79 Å². The molecule has 0 radical (unpaired) electrons. The Kier molecular flexibility index (Phi) is 2.32. The number of hydrogen-bond acceptors (Lipinski definition) is 5. The first-order valence-corrected chi connectivity index (χ1v) is 4.88. The molecule has 0 aromatic carbocycles. The van der Waals surface area contributed by atoms with E-state index in [-0.39, 0.29) is 5.78 Å². The Morgan fingerprint density at radius 1 is 1.43 bits per heavy atom. The first-order valence-electron chi connectivity index (χ1n) is 4.00. The van der Waals surface area contributed by atoms with Gasteiger partial charge in [0.05, 0.1) is 5.01 Å². The lowest BCUT2D eigenvalue weighted by molar-refractivity contribution is 0.103. The van der Waals surface area contributed by atoms with Gasteiger partial charge in [-0.1, -0.05) is 0 Å². The zero-order chi connectivity index (χ0) is 9.97. The highest BCUT2D eigenvalue weighted by Crippen LogP contribution is 2.11. The van der Waals surface area contributed by atoms with Gasteiger partial charge in [0.25, 0.3) is 0 Å². The molecule has 4 nitrogen and oxygen atoms in total. The predicted molar refractivity (Wildman–Crippen MR) is 52.3 cm³/mol. The van der Waals surface area contributed by atoms with Crippen LogP contribution in [0.4, 0.5) is 0 Å². The monoisotopic (exact) mass is 205 g/mol. The maximum Gasteiger partial charge on any atom is 0.230 e. The van der Waals surface area contributed by atoms with Crippen LogP contribution in [-0.4, -0.2) is 20.7 Å². The first kappa shape index (κ1) is 8.96. The van der Waals surface area contributed by atoms with Gasteiger partial charge in [-0.15, -0.1) is 11.3 Å². The summed E-state index contributed by atoms with van der Waals surface area (Å²) in [6.07, 6.45) is 2.89. The molecule has 0 bridgehead atoms. The highest BCUT2D eigenvalue weighted by Gasteiger charge is 2.12. The van der Waals surface area contributed by atoms with Crippen molar-refractivity contribution in [3.63, 3.8) is 0 Å². The van der Waals surface area contributed by atoms with E-state index in [1.165, 1.54) is 17.7 Å². The van der Waals surface area contributed by atoms with Crippen LogP contribution in [0.2, 0.25) is 0 Å². The van der Waals surface area contributed by atoms with Gasteiger partial charge in [0.2, 0.25) is 5.78 Å². The lowest BCUT2D eigenvalue weighted by atomic mass is 10.2. The minimum Gasteiger partial charge on any atom is -0.285 e. The molecule has 0 spiro atoms. The number of aromatic nitrogens is 3. The Morgan fingerprint density at radius 3 is 2.86 bits per heavy atom. The third-order valence-corrected chi connectivity index (χ3v) is 2.44. The summed E-state index contributed by atoms with van der Waals surface area (Å²) >= 11 is 1.45. The average Bonchev–Trinajstić information content (AvgIpc) is 2.65. The van der Waals surface area contributed by atoms with Crippen molar-refractivity contribution >= 4 is 17.1 Å². The third-order valence-electron chi connectivity index (χ3n) is 1.67. The molecule has 0 amide bonds. The van der Waals surface area contributed by atoms with Crippen LogP contribution < -0.4 is 0 Å². The molecule has 0 aliphatic heterocycles. The van der Waals surface area contributed by atoms with Gasteiger partial charge in [-0.3, -0.25) is 4.79 Å². The quantitative estimate of drug-likeness (QED) is 0.697. The van der Waals surface area contributed by atoms with Gasteiger partial charge in [0.1, 0.15) is 17.7 Å². The van der Waals surface area contributed by atoms with Gasteiger partial charge in [-0.05, 0) is 13.0 Å². The van der Waals surface area contributed by atoms with Crippen LogP contribution in [0.15, 0.2) is 24.0 Å². The molecule has 0 fully saturated rings. The van der Waals surface area contributed by atoms with E-state index in [4.69, 9.17) is 0 Å². The second kappa shape index (κ2) is 3.63. The Labute approximate surface area is 84.7 Å². The number of aryl methyl sites for hydroxylation is 1. The maximum atomic E-state index is 11.7. The van der Waals surface area contributed by atoms with Crippen molar-refractivity contribution in [2.75, 3.05) is 0 Å². The molecule has 0 saturated carbocycles. The zero-order valence-electron chi connectivity index (χ0n) is 7.47. The number of rotatable bonds is 2. The second-order valence-corrected chi connectivity index (χ2v) is 3.74. The maximum absolute atomic E-state index is 11.7. The summed E-state index contributed by atoms with van der Waals surface area (Å²) in [5.74, 6) is -0.156. The van der Waals surface area contributed by atoms with Crippen molar-refractivity contribution in [3.8, 4) is 0 Å². The number of thiazole rings is 1. The average molecular weight is 205 g/mol. The Balaban J connectivity index is 2.34. The summed E-state index contributed by atoms with van der Waals surface area (Å²) in [6, 6.07) is 1.58. The fraction of sp³-hybridized carbons (Fsp3) is 0.111. The molecule has 2 rings (SSSR count). The molecule has 0 atom stereocenters. The van der Waals surface area contributed by atoms with E-state index in [0.717, 1.165) is 5.01 Å². The predicted octanol–water partition coefficient (Wildman–Crippen LogP) is 1.47. The Morgan fingerprint density at radius 2 is 2.29 bits per heavy atom. The largest absolute Gasteiger partial charge is 0.285 e. The van der Waals surface area contributed by atoms with Crippen molar-refractivity contribution in [3.05, 3.63) is 40.4 Å². The highest BCUT2D eigenvalue weighted by atomic mass is 32.1. The number of hydrogen-bond donors (Lipinski definition) is 0. The highest BCUT2D eigenvalue weighted by molar-refractivity contribution is 7.09. The Bertz CT molecular complexity index is 452. The molecular formula is C9H7N3OS. The van der Waals surface area contributed by atoms with Gasteiger partial charge in [-0.2, -0.15) is 0 Å². The van der Waals surface area contributed by atoms with Crippen LogP contribution in [-0.2, 0) is 0 Å². The molecule has 70 valence electrons. The summed E-state index contributed by atoms with van der Waals surface area (Å²) in [5.41, 5.74) is 0.830. The van der Waals surface area contributed by atoms with Gasteiger partial charge in [-0.25, -0.2) is 15.0 Å². The molecule has 0 N–H and O–H groups in total. The van der Waals surface area contributed by atoms with Crippen LogP contribution in [0.3, 0.4) is 0 Å². The number of carbonyl (C=O) groups is 1. The van der Waals surface area contributed by atoms with Gasteiger partial charge in [0.15, 0.2) is 0 Å². The van der Waals surface area contributed by atoms with E-state index in [2.05, 4.69) is 15.0 Å². The van der Waals surface area contributed by atoms with Gasteiger partial charge >= 0.3 is 0 Å². The molecule has 0 aliphatic carbocycles. The number of nitrogens with zero attached hydrogens (tertiary/aromatic N) is 3. The van der Waals surface area contributed by atoms with Crippen LogP contribution in [0, 0.1) is 6.92 Å². The molecular weight excluding hydrogens is 198 g/mol. The van der Waals surface area contributed by atoms with Crippen molar-refractivity contribution in [1.29, 1.82) is 0 Å². The SMILES string of the molecule is Cc1nc(C(=O)c2ccncn2)cs1. The lowest BCUT2D eigenvalue weighted by Gasteiger charge is -1.93. The standard InChI is InChI=1S/C9H7N3OS/c1-6-12-8(4-14-6)9(13)7-2-3-10-5-11-7/h2-5H,1H3. The third kappa shape index (κ3) is 1.67. The first-order chi connectivity index (χ1) is 6.77. The van der Waals surface area contributed by atoms with Crippen LogP contribution in [0.5, 0.6) is 0 Å². The normalized spacial score (nSPS) is 10.1. The molecule has 0 aliphatic rings. The second-order valence-electron chi connectivity index (χ2n) is 2.68. The minimum absolute atomic E-state index is 0.156. The molecule has 2 aromatic rings. The number of ketones is 1.